The Morgan fingerprint density at radius 3 is 2.19 bits per heavy atom. The molecule has 0 bridgehead atoms. The number of hydrogen-bond donors (Lipinski definition) is 3. The number of hydrogen-bond acceptors (Lipinski definition) is 3. The van der Waals surface area contributed by atoms with Crippen molar-refractivity contribution in [3.05, 3.63) is 54.2 Å². The van der Waals surface area contributed by atoms with Crippen molar-refractivity contribution < 1.29 is 26.4 Å². The largest absolute Gasteiger partial charge is 0.416 e. The molecular formula is C17H14F3N3O3S. The maximum Gasteiger partial charge on any atom is 0.416 e. The van der Waals surface area contributed by atoms with E-state index in [1.165, 1.54) is 12.3 Å². The first kappa shape index (κ1) is 18.8. The molecule has 0 radical (unpaired) electrons. The Hall–Kier alpha value is -3.01. The molecule has 2 amide bonds. The van der Waals surface area contributed by atoms with E-state index in [1.54, 1.807) is 12.1 Å². The maximum absolute atomic E-state index is 12.5. The third-order valence-corrected chi connectivity index (χ3v) is 4.91. The van der Waals surface area contributed by atoms with Gasteiger partial charge in [-0.15, -0.1) is 0 Å². The average molecular weight is 397 g/mol. The molecule has 0 aliphatic heterocycles. The van der Waals surface area contributed by atoms with Crippen LogP contribution in [0.3, 0.4) is 0 Å². The number of benzene rings is 2. The maximum atomic E-state index is 12.5. The summed E-state index contributed by atoms with van der Waals surface area (Å²) in [6.45, 7) is 0. The number of fused-ring (bicyclic) bond motifs is 1. The number of aromatic nitrogens is 1. The lowest BCUT2D eigenvalue weighted by Crippen LogP contribution is -2.19. The van der Waals surface area contributed by atoms with E-state index in [0.717, 1.165) is 30.5 Å². The van der Waals surface area contributed by atoms with Crippen molar-refractivity contribution in [2.45, 2.75) is 11.1 Å². The van der Waals surface area contributed by atoms with Crippen molar-refractivity contribution in [1.29, 1.82) is 0 Å². The number of carbonyl (C=O) groups is 1. The molecule has 0 saturated heterocycles. The first-order chi connectivity index (χ1) is 12.5. The number of amides is 2. The smallest absolute Gasteiger partial charge is 0.360 e. The van der Waals surface area contributed by atoms with E-state index in [4.69, 9.17) is 0 Å². The van der Waals surface area contributed by atoms with E-state index < -0.39 is 27.6 Å². The van der Waals surface area contributed by atoms with Gasteiger partial charge in [-0.3, -0.25) is 0 Å². The molecular weight excluding hydrogens is 383 g/mol. The van der Waals surface area contributed by atoms with Gasteiger partial charge in [-0.25, -0.2) is 13.2 Å². The SMILES string of the molecule is CS(=O)(=O)c1c[nH]c2cc(NC(=O)Nc3ccc(C(F)(F)F)cc3)ccc12. The number of urea groups is 1. The van der Waals surface area contributed by atoms with E-state index in [9.17, 15) is 26.4 Å². The van der Waals surface area contributed by atoms with Gasteiger partial charge in [0.25, 0.3) is 0 Å². The minimum Gasteiger partial charge on any atom is -0.360 e. The normalized spacial score (nSPS) is 12.1. The van der Waals surface area contributed by atoms with E-state index in [2.05, 4.69) is 15.6 Å². The Balaban J connectivity index is 1.72. The van der Waals surface area contributed by atoms with Crippen molar-refractivity contribution in [3.8, 4) is 0 Å². The van der Waals surface area contributed by atoms with Crippen LogP contribution in [-0.4, -0.2) is 25.7 Å². The van der Waals surface area contributed by atoms with Gasteiger partial charge in [0, 0.05) is 34.7 Å². The molecule has 3 aromatic rings. The molecule has 1 aromatic heterocycles. The zero-order valence-corrected chi connectivity index (χ0v) is 14.7. The van der Waals surface area contributed by atoms with Crippen molar-refractivity contribution in [2.24, 2.45) is 0 Å². The van der Waals surface area contributed by atoms with Gasteiger partial charge in [0.15, 0.2) is 9.84 Å². The first-order valence-corrected chi connectivity index (χ1v) is 9.49. The van der Waals surface area contributed by atoms with Gasteiger partial charge in [-0.05, 0) is 42.5 Å². The molecule has 6 nitrogen and oxygen atoms in total. The highest BCUT2D eigenvalue weighted by Crippen LogP contribution is 2.30. The summed E-state index contributed by atoms with van der Waals surface area (Å²) in [4.78, 5) is 15.0. The predicted octanol–water partition coefficient (Wildman–Crippen LogP) is 4.23. The van der Waals surface area contributed by atoms with Crippen LogP contribution in [0.1, 0.15) is 5.56 Å². The fourth-order valence-electron chi connectivity index (χ4n) is 2.52. The van der Waals surface area contributed by atoms with Crippen molar-refractivity contribution in [3.63, 3.8) is 0 Å². The van der Waals surface area contributed by atoms with Gasteiger partial charge in [0.2, 0.25) is 0 Å². The number of sulfone groups is 1. The van der Waals surface area contributed by atoms with Crippen LogP contribution in [0.2, 0.25) is 0 Å². The highest BCUT2D eigenvalue weighted by atomic mass is 32.2. The van der Waals surface area contributed by atoms with Crippen LogP contribution in [0.4, 0.5) is 29.3 Å². The summed E-state index contributed by atoms with van der Waals surface area (Å²) in [5, 5.41) is 5.45. The molecule has 27 heavy (non-hydrogen) atoms. The van der Waals surface area contributed by atoms with Crippen LogP contribution >= 0.6 is 0 Å². The summed E-state index contributed by atoms with van der Waals surface area (Å²) >= 11 is 0. The molecule has 0 unspecified atom stereocenters. The van der Waals surface area contributed by atoms with E-state index in [-0.39, 0.29) is 10.6 Å². The third-order valence-electron chi connectivity index (χ3n) is 3.77. The molecule has 3 rings (SSSR count). The summed E-state index contributed by atoms with van der Waals surface area (Å²) in [6.07, 6.45) is -1.98. The first-order valence-electron chi connectivity index (χ1n) is 7.60. The molecule has 0 aliphatic carbocycles. The highest BCUT2D eigenvalue weighted by molar-refractivity contribution is 7.91. The minimum atomic E-state index is -4.45. The van der Waals surface area contributed by atoms with Gasteiger partial charge >= 0.3 is 12.2 Å². The van der Waals surface area contributed by atoms with Crippen LogP contribution < -0.4 is 10.6 Å². The van der Waals surface area contributed by atoms with Crippen molar-refractivity contribution in [1.82, 2.24) is 4.98 Å². The summed E-state index contributed by atoms with van der Waals surface area (Å²) in [7, 11) is -3.39. The number of carbonyl (C=O) groups excluding carboxylic acids is 1. The molecule has 10 heteroatoms. The van der Waals surface area contributed by atoms with E-state index >= 15 is 0 Å². The van der Waals surface area contributed by atoms with Crippen LogP contribution in [-0.2, 0) is 16.0 Å². The number of aromatic amines is 1. The number of alkyl halides is 3. The summed E-state index contributed by atoms with van der Waals surface area (Å²) in [5.74, 6) is 0. The lowest BCUT2D eigenvalue weighted by Gasteiger charge is -2.10. The Kier molecular flexibility index (Phi) is 4.60. The lowest BCUT2D eigenvalue weighted by molar-refractivity contribution is -0.137. The van der Waals surface area contributed by atoms with Gasteiger partial charge in [0.05, 0.1) is 10.5 Å². The lowest BCUT2D eigenvalue weighted by atomic mass is 10.2. The Labute approximate surface area is 152 Å². The monoisotopic (exact) mass is 397 g/mol. The van der Waals surface area contributed by atoms with Gasteiger partial charge in [0.1, 0.15) is 0 Å². The van der Waals surface area contributed by atoms with Crippen LogP contribution in [0.15, 0.2) is 53.6 Å². The topological polar surface area (TPSA) is 91.1 Å². The standard InChI is InChI=1S/C17H14F3N3O3S/c1-27(25,26)15-9-21-14-8-12(6-7-13(14)15)23-16(24)22-11-4-2-10(3-5-11)17(18,19)20/h2-9,21H,1H3,(H2,22,23,24). The summed E-state index contributed by atoms with van der Waals surface area (Å²) in [5.41, 5.74) is 0.282. The zero-order valence-electron chi connectivity index (χ0n) is 13.9. The molecule has 1 heterocycles. The number of halogens is 3. The fourth-order valence-corrected chi connectivity index (χ4v) is 3.37. The fraction of sp³-hybridized carbons (Fsp3) is 0.118. The van der Waals surface area contributed by atoms with Gasteiger partial charge < -0.3 is 15.6 Å². The second-order valence-electron chi connectivity index (χ2n) is 5.84. The number of anilines is 2. The number of nitrogens with one attached hydrogen (secondary N) is 3. The molecule has 142 valence electrons. The number of H-pyrrole nitrogens is 1. The molecule has 0 fully saturated rings. The molecule has 0 atom stereocenters. The third kappa shape index (κ3) is 4.22. The Morgan fingerprint density at radius 1 is 1.00 bits per heavy atom. The minimum absolute atomic E-state index is 0.151. The molecule has 0 aliphatic rings. The van der Waals surface area contributed by atoms with E-state index in [1.807, 2.05) is 0 Å². The van der Waals surface area contributed by atoms with Crippen molar-refractivity contribution >= 4 is 38.1 Å². The van der Waals surface area contributed by atoms with E-state index in [0.29, 0.717) is 16.6 Å². The van der Waals surface area contributed by atoms with Gasteiger partial charge in [-0.1, -0.05) is 0 Å². The summed E-state index contributed by atoms with van der Waals surface area (Å²) in [6, 6.07) is 8.01. The second kappa shape index (κ2) is 6.62. The molecule has 0 spiro atoms. The predicted molar refractivity (Wildman–Crippen MR) is 95.5 cm³/mol. The molecule has 2 aromatic carbocycles. The van der Waals surface area contributed by atoms with Crippen LogP contribution in [0, 0.1) is 0 Å². The zero-order chi connectivity index (χ0) is 19.8. The quantitative estimate of drug-likeness (QED) is 0.618. The Morgan fingerprint density at radius 2 is 1.59 bits per heavy atom. The highest BCUT2D eigenvalue weighted by Gasteiger charge is 2.30. The van der Waals surface area contributed by atoms with Crippen LogP contribution in [0.25, 0.3) is 10.9 Å². The Bertz CT molecular complexity index is 1100. The summed E-state index contributed by atoms with van der Waals surface area (Å²) < 4.78 is 61.0. The second-order valence-corrected chi connectivity index (χ2v) is 7.82. The van der Waals surface area contributed by atoms with Crippen LogP contribution in [0.5, 0.6) is 0 Å². The average Bonchev–Trinajstić information content (AvgIpc) is 2.97. The van der Waals surface area contributed by atoms with Crippen molar-refractivity contribution in [2.75, 3.05) is 16.9 Å². The number of rotatable bonds is 3. The molecule has 3 N–H and O–H groups in total. The molecule has 0 saturated carbocycles. The van der Waals surface area contributed by atoms with Gasteiger partial charge in [-0.2, -0.15) is 13.2 Å².